The second kappa shape index (κ2) is 9.14. The number of carbonyl (C=O) groups is 1. The van der Waals surface area contributed by atoms with Gasteiger partial charge in [0.2, 0.25) is 0 Å². The lowest BCUT2D eigenvalue weighted by Crippen LogP contribution is -2.33. The summed E-state index contributed by atoms with van der Waals surface area (Å²) in [4.78, 5) is 15.2. The van der Waals surface area contributed by atoms with Gasteiger partial charge in [0.1, 0.15) is 30.5 Å². The maximum Gasteiger partial charge on any atom is 0.196 e. The van der Waals surface area contributed by atoms with Gasteiger partial charge in [-0.1, -0.05) is 18.6 Å². The Bertz CT molecular complexity index is 882. The molecule has 0 spiro atoms. The molecule has 0 saturated carbocycles. The number of ether oxygens (including phenoxy) is 3. The van der Waals surface area contributed by atoms with Gasteiger partial charge in [0.05, 0.1) is 12.7 Å². The number of Topliss-reactive ketones (excluding diaryl/α,β-unsaturated/α-hetero) is 1. The highest BCUT2D eigenvalue weighted by molar-refractivity contribution is 6.14. The number of methoxy groups -OCH3 is 1. The quantitative estimate of drug-likeness (QED) is 0.688. The smallest absolute Gasteiger partial charge is 0.196 e. The first-order valence-electron chi connectivity index (χ1n) is 10.2. The van der Waals surface area contributed by atoms with Crippen molar-refractivity contribution in [2.45, 2.75) is 19.3 Å². The predicted octanol–water partition coefficient (Wildman–Crippen LogP) is 4.22. The van der Waals surface area contributed by atoms with Crippen molar-refractivity contribution in [1.29, 1.82) is 0 Å². The first kappa shape index (κ1) is 19.5. The maximum absolute atomic E-state index is 12.8. The van der Waals surface area contributed by atoms with Crippen LogP contribution in [0.4, 0.5) is 0 Å². The molecule has 5 heteroatoms. The van der Waals surface area contributed by atoms with E-state index in [4.69, 9.17) is 14.2 Å². The summed E-state index contributed by atoms with van der Waals surface area (Å²) in [5.74, 6) is 2.10. The number of rotatable bonds is 6. The Kier molecular flexibility index (Phi) is 6.15. The first-order valence-corrected chi connectivity index (χ1v) is 10.2. The zero-order valence-corrected chi connectivity index (χ0v) is 16.9. The Morgan fingerprint density at radius 2 is 1.79 bits per heavy atom. The van der Waals surface area contributed by atoms with E-state index in [1.54, 1.807) is 25.3 Å². The van der Waals surface area contributed by atoms with Crippen molar-refractivity contribution in [2.24, 2.45) is 0 Å². The number of benzene rings is 2. The Hall–Kier alpha value is -2.79. The molecule has 4 rings (SSSR count). The molecule has 1 saturated heterocycles. The van der Waals surface area contributed by atoms with Crippen molar-refractivity contribution in [3.05, 3.63) is 59.2 Å². The number of nitrogens with zero attached hydrogens (tertiary/aromatic N) is 1. The van der Waals surface area contributed by atoms with Crippen LogP contribution in [-0.2, 0) is 0 Å². The van der Waals surface area contributed by atoms with Crippen LogP contribution >= 0.6 is 0 Å². The molecule has 5 nitrogen and oxygen atoms in total. The molecule has 2 aromatic carbocycles. The molecule has 0 radical (unpaired) electrons. The van der Waals surface area contributed by atoms with Gasteiger partial charge in [-0.25, -0.2) is 0 Å². The highest BCUT2D eigenvalue weighted by Gasteiger charge is 2.23. The van der Waals surface area contributed by atoms with Gasteiger partial charge >= 0.3 is 0 Å². The van der Waals surface area contributed by atoms with Crippen LogP contribution in [0.3, 0.4) is 0 Å². The summed E-state index contributed by atoms with van der Waals surface area (Å²) >= 11 is 0. The van der Waals surface area contributed by atoms with Gasteiger partial charge in [0.15, 0.2) is 5.78 Å². The molecule has 0 aliphatic carbocycles. The van der Waals surface area contributed by atoms with Gasteiger partial charge in [0, 0.05) is 18.2 Å². The summed E-state index contributed by atoms with van der Waals surface area (Å²) in [6, 6.07) is 13.1. The molecule has 152 valence electrons. The van der Waals surface area contributed by atoms with Crippen LogP contribution in [-0.4, -0.2) is 50.6 Å². The molecule has 2 heterocycles. The summed E-state index contributed by atoms with van der Waals surface area (Å²) in [5, 5.41) is 0. The van der Waals surface area contributed by atoms with Crippen LogP contribution in [0.2, 0.25) is 0 Å². The molecule has 0 amide bonds. The van der Waals surface area contributed by atoms with Gasteiger partial charge < -0.3 is 14.2 Å². The topological polar surface area (TPSA) is 48.0 Å². The largest absolute Gasteiger partial charge is 0.497 e. The fraction of sp³-hybridized carbons (Fsp3) is 0.375. The molecule has 2 aliphatic rings. The molecule has 0 unspecified atom stereocenters. The van der Waals surface area contributed by atoms with Crippen molar-refractivity contribution in [3.63, 3.8) is 0 Å². The molecule has 29 heavy (non-hydrogen) atoms. The Labute approximate surface area is 171 Å². The van der Waals surface area contributed by atoms with Crippen LogP contribution in [0, 0.1) is 0 Å². The van der Waals surface area contributed by atoms with Crippen molar-refractivity contribution < 1.29 is 19.0 Å². The summed E-state index contributed by atoms with van der Waals surface area (Å²) < 4.78 is 16.8. The van der Waals surface area contributed by atoms with E-state index in [1.165, 1.54) is 32.4 Å². The molecular weight excluding hydrogens is 366 g/mol. The van der Waals surface area contributed by atoms with Crippen LogP contribution in [0.25, 0.3) is 6.08 Å². The average Bonchev–Trinajstić information content (AvgIpc) is 2.77. The normalized spacial score (nSPS) is 18.2. The predicted molar refractivity (Wildman–Crippen MR) is 113 cm³/mol. The van der Waals surface area contributed by atoms with Gasteiger partial charge in [-0.3, -0.25) is 9.69 Å². The minimum Gasteiger partial charge on any atom is -0.497 e. The first-order chi connectivity index (χ1) is 14.2. The highest BCUT2D eigenvalue weighted by atomic mass is 16.5. The van der Waals surface area contributed by atoms with Crippen LogP contribution in [0.5, 0.6) is 17.2 Å². The van der Waals surface area contributed by atoms with E-state index in [2.05, 4.69) is 4.90 Å². The van der Waals surface area contributed by atoms with E-state index in [9.17, 15) is 4.79 Å². The van der Waals surface area contributed by atoms with Crippen LogP contribution in [0.1, 0.15) is 35.2 Å². The lowest BCUT2D eigenvalue weighted by Gasteiger charge is -2.26. The van der Waals surface area contributed by atoms with E-state index in [0.29, 0.717) is 29.2 Å². The van der Waals surface area contributed by atoms with Gasteiger partial charge in [-0.2, -0.15) is 0 Å². The number of piperidine rings is 1. The number of hydrogen-bond donors (Lipinski definition) is 0. The third-order valence-electron chi connectivity index (χ3n) is 5.45. The number of fused-ring (bicyclic) bond motifs is 1. The lowest BCUT2D eigenvalue weighted by atomic mass is 9.98. The van der Waals surface area contributed by atoms with Crippen LogP contribution in [0.15, 0.2) is 48.0 Å². The van der Waals surface area contributed by atoms with E-state index >= 15 is 0 Å². The maximum atomic E-state index is 12.8. The monoisotopic (exact) mass is 393 g/mol. The van der Waals surface area contributed by atoms with Gasteiger partial charge in [0.25, 0.3) is 0 Å². The molecule has 1 fully saturated rings. The van der Waals surface area contributed by atoms with E-state index in [-0.39, 0.29) is 12.4 Å². The van der Waals surface area contributed by atoms with Crippen molar-refractivity contribution in [1.82, 2.24) is 4.90 Å². The molecule has 0 aromatic heterocycles. The van der Waals surface area contributed by atoms with Gasteiger partial charge in [-0.15, -0.1) is 0 Å². The van der Waals surface area contributed by atoms with E-state index in [0.717, 1.165) is 17.9 Å². The summed E-state index contributed by atoms with van der Waals surface area (Å²) in [5.41, 5.74) is 2.17. The van der Waals surface area contributed by atoms with Crippen molar-refractivity contribution in [3.8, 4) is 17.2 Å². The SMILES string of the molecule is COc1ccc2c(c1)OC/C(=C\c1ccc(OCCN3CCCCC3)cc1)C2=O. The second-order valence-electron chi connectivity index (χ2n) is 7.47. The van der Waals surface area contributed by atoms with E-state index < -0.39 is 0 Å². The zero-order chi connectivity index (χ0) is 20.1. The Balaban J connectivity index is 1.36. The van der Waals surface area contributed by atoms with E-state index in [1.807, 2.05) is 30.3 Å². The third kappa shape index (κ3) is 4.80. The third-order valence-corrected chi connectivity index (χ3v) is 5.45. The fourth-order valence-electron chi connectivity index (χ4n) is 3.77. The standard InChI is InChI=1S/C24H27NO4/c1-27-21-9-10-22-23(16-21)29-17-19(24(22)26)15-18-5-7-20(8-6-18)28-14-13-25-11-3-2-4-12-25/h5-10,15-16H,2-4,11-14,17H2,1H3/b19-15+. The molecule has 0 bridgehead atoms. The molecular formula is C24H27NO4. The Morgan fingerprint density at radius 3 is 2.55 bits per heavy atom. The summed E-state index contributed by atoms with van der Waals surface area (Å²) in [7, 11) is 1.60. The zero-order valence-electron chi connectivity index (χ0n) is 16.9. The number of ketones is 1. The molecule has 0 atom stereocenters. The minimum absolute atomic E-state index is 0.00392. The number of hydrogen-bond acceptors (Lipinski definition) is 5. The lowest BCUT2D eigenvalue weighted by molar-refractivity contribution is 0.100. The number of likely N-dealkylation sites (tertiary alicyclic amines) is 1. The fourth-order valence-corrected chi connectivity index (χ4v) is 3.77. The Morgan fingerprint density at radius 1 is 1.03 bits per heavy atom. The highest BCUT2D eigenvalue weighted by Crippen LogP contribution is 2.31. The number of carbonyl (C=O) groups excluding carboxylic acids is 1. The van der Waals surface area contributed by atoms with Gasteiger partial charge in [-0.05, 0) is 61.8 Å². The molecule has 2 aliphatic heterocycles. The summed E-state index contributed by atoms with van der Waals surface area (Å²) in [6.07, 6.45) is 5.82. The van der Waals surface area contributed by atoms with Crippen molar-refractivity contribution >= 4 is 11.9 Å². The second-order valence-corrected chi connectivity index (χ2v) is 7.47. The molecule has 0 N–H and O–H groups in total. The minimum atomic E-state index is -0.00392. The van der Waals surface area contributed by atoms with Crippen molar-refractivity contribution in [2.75, 3.05) is 40.0 Å². The average molecular weight is 393 g/mol. The van der Waals surface area contributed by atoms with Crippen LogP contribution < -0.4 is 14.2 Å². The summed E-state index contributed by atoms with van der Waals surface area (Å²) in [6.45, 7) is 4.30. The molecule has 2 aromatic rings.